The fourth-order valence-electron chi connectivity index (χ4n) is 4.37. The van der Waals surface area contributed by atoms with Crippen LogP contribution in [0, 0.1) is 11.3 Å². The molecule has 2 heterocycles. The lowest BCUT2D eigenvalue weighted by molar-refractivity contribution is 0.383. The summed E-state index contributed by atoms with van der Waals surface area (Å²) in [7, 11) is -3.51. The van der Waals surface area contributed by atoms with Gasteiger partial charge < -0.3 is 4.90 Å². The smallest absolute Gasteiger partial charge is 0.243 e. The van der Waals surface area contributed by atoms with Gasteiger partial charge in [0.05, 0.1) is 10.5 Å². The number of sulfonamides is 1. The van der Waals surface area contributed by atoms with Gasteiger partial charge in [-0.25, -0.2) is 13.4 Å². The molecule has 1 aromatic heterocycles. The lowest BCUT2D eigenvalue weighted by Crippen LogP contribution is -2.49. The lowest BCUT2D eigenvalue weighted by atomic mass is 9.84. The molecule has 0 N–H and O–H groups in total. The number of rotatable bonds is 4. The molecule has 1 aromatic carbocycles. The van der Waals surface area contributed by atoms with E-state index in [4.69, 9.17) is 0 Å². The minimum Gasteiger partial charge on any atom is -0.353 e. The predicted octanol–water partition coefficient (Wildman–Crippen LogP) is 3.51. The van der Waals surface area contributed by atoms with Gasteiger partial charge in [-0.3, -0.25) is 0 Å². The van der Waals surface area contributed by atoms with E-state index >= 15 is 0 Å². The molecule has 29 heavy (non-hydrogen) atoms. The fraction of sp³-hybridized carbons (Fsp3) is 0.455. The van der Waals surface area contributed by atoms with Crippen molar-refractivity contribution >= 4 is 15.8 Å². The molecule has 1 saturated heterocycles. The molecule has 2 aromatic rings. The summed E-state index contributed by atoms with van der Waals surface area (Å²) in [5, 5.41) is 9.27. The van der Waals surface area contributed by atoms with Gasteiger partial charge in [-0.15, -0.1) is 0 Å². The Morgan fingerprint density at radius 1 is 0.966 bits per heavy atom. The molecule has 2 aliphatic rings. The van der Waals surface area contributed by atoms with E-state index in [0.717, 1.165) is 0 Å². The van der Waals surface area contributed by atoms with Crippen molar-refractivity contribution in [3.8, 4) is 6.07 Å². The molecule has 0 spiro atoms. The number of hydrogen-bond acceptors (Lipinski definition) is 5. The molecule has 2 fully saturated rings. The molecule has 1 saturated carbocycles. The lowest BCUT2D eigenvalue weighted by Gasteiger charge is -2.35. The van der Waals surface area contributed by atoms with E-state index < -0.39 is 10.0 Å². The van der Waals surface area contributed by atoms with Crippen LogP contribution in [0.1, 0.15) is 49.1 Å². The summed E-state index contributed by atoms with van der Waals surface area (Å²) in [4.78, 5) is 6.65. The molecule has 0 radical (unpaired) electrons. The van der Waals surface area contributed by atoms with Crippen molar-refractivity contribution < 1.29 is 8.42 Å². The summed E-state index contributed by atoms with van der Waals surface area (Å²) >= 11 is 0. The van der Waals surface area contributed by atoms with E-state index in [1.807, 2.05) is 17.0 Å². The molecule has 7 heteroatoms. The van der Waals surface area contributed by atoms with Crippen LogP contribution in [-0.4, -0.2) is 43.9 Å². The maximum absolute atomic E-state index is 13.1. The molecule has 152 valence electrons. The maximum Gasteiger partial charge on any atom is 0.243 e. The van der Waals surface area contributed by atoms with Crippen LogP contribution in [0.2, 0.25) is 0 Å². The second-order valence-electron chi connectivity index (χ2n) is 7.78. The van der Waals surface area contributed by atoms with Gasteiger partial charge in [-0.05, 0) is 48.6 Å². The predicted molar refractivity (Wildman–Crippen MR) is 112 cm³/mol. The first-order valence-corrected chi connectivity index (χ1v) is 11.7. The van der Waals surface area contributed by atoms with Crippen LogP contribution >= 0.6 is 0 Å². The van der Waals surface area contributed by atoms with Gasteiger partial charge in [0.15, 0.2) is 0 Å². The molecule has 1 aliphatic heterocycles. The quantitative estimate of drug-likeness (QED) is 0.771. The monoisotopic (exact) mass is 410 g/mol. The van der Waals surface area contributed by atoms with E-state index in [0.29, 0.717) is 48.4 Å². The van der Waals surface area contributed by atoms with Crippen molar-refractivity contribution in [3.63, 3.8) is 0 Å². The zero-order valence-electron chi connectivity index (χ0n) is 16.5. The maximum atomic E-state index is 13.1. The number of pyridine rings is 1. The highest BCUT2D eigenvalue weighted by Gasteiger charge is 2.29. The molecule has 0 atom stereocenters. The Balaban J connectivity index is 1.44. The largest absolute Gasteiger partial charge is 0.353 e. The standard InChI is InChI=1S/C22H26N4O2S/c23-17-20-7-4-12-24-22(20)25-13-15-26(16-14-25)29(27,28)21-10-8-19(9-11-21)18-5-2-1-3-6-18/h4,7-12,18H,1-3,5-6,13-16H2. The molecule has 0 amide bonds. The van der Waals surface area contributed by atoms with Crippen molar-refractivity contribution in [2.24, 2.45) is 0 Å². The van der Waals surface area contributed by atoms with Crippen LogP contribution in [0.5, 0.6) is 0 Å². The van der Waals surface area contributed by atoms with Crippen LogP contribution in [-0.2, 0) is 10.0 Å². The Morgan fingerprint density at radius 3 is 2.31 bits per heavy atom. The van der Waals surface area contributed by atoms with Crippen LogP contribution < -0.4 is 4.90 Å². The highest BCUT2D eigenvalue weighted by atomic mass is 32.2. The number of aromatic nitrogens is 1. The highest BCUT2D eigenvalue weighted by molar-refractivity contribution is 7.89. The third-order valence-electron chi connectivity index (χ3n) is 6.04. The summed E-state index contributed by atoms with van der Waals surface area (Å²) in [6.07, 6.45) is 7.90. The van der Waals surface area contributed by atoms with E-state index in [2.05, 4.69) is 11.1 Å². The van der Waals surface area contributed by atoms with Gasteiger partial charge in [0, 0.05) is 32.4 Å². The Kier molecular flexibility index (Phi) is 5.84. The Bertz CT molecular complexity index is 984. The molecular weight excluding hydrogens is 384 g/mol. The van der Waals surface area contributed by atoms with E-state index in [1.54, 1.807) is 30.5 Å². The number of hydrogen-bond donors (Lipinski definition) is 0. The number of benzene rings is 1. The summed E-state index contributed by atoms with van der Waals surface area (Å²) in [6.45, 7) is 1.80. The normalized spacial score (nSPS) is 19.1. The second kappa shape index (κ2) is 8.52. The zero-order valence-corrected chi connectivity index (χ0v) is 17.3. The first-order chi connectivity index (χ1) is 14.1. The van der Waals surface area contributed by atoms with Crippen molar-refractivity contribution in [3.05, 3.63) is 53.7 Å². The van der Waals surface area contributed by atoms with Crippen molar-refractivity contribution in [1.29, 1.82) is 5.26 Å². The van der Waals surface area contributed by atoms with Gasteiger partial charge in [-0.2, -0.15) is 9.57 Å². The molecule has 0 unspecified atom stereocenters. The van der Waals surface area contributed by atoms with Gasteiger partial charge in [0.2, 0.25) is 10.0 Å². The minimum absolute atomic E-state index is 0.362. The van der Waals surface area contributed by atoms with Gasteiger partial charge in [-0.1, -0.05) is 31.4 Å². The van der Waals surface area contributed by atoms with Gasteiger partial charge in [0.25, 0.3) is 0 Å². The average Bonchev–Trinajstić information content (AvgIpc) is 2.80. The van der Waals surface area contributed by atoms with Crippen LogP contribution in [0.3, 0.4) is 0 Å². The fourth-order valence-corrected chi connectivity index (χ4v) is 5.80. The third-order valence-corrected chi connectivity index (χ3v) is 7.95. The summed E-state index contributed by atoms with van der Waals surface area (Å²) in [5.41, 5.74) is 1.77. The number of piperazine rings is 1. The zero-order chi connectivity index (χ0) is 20.3. The molecular formula is C22H26N4O2S. The molecule has 1 aliphatic carbocycles. The van der Waals surface area contributed by atoms with E-state index in [1.165, 1.54) is 42.0 Å². The SMILES string of the molecule is N#Cc1cccnc1N1CCN(S(=O)(=O)c2ccc(C3CCCCC3)cc2)CC1. The third kappa shape index (κ3) is 4.14. The summed E-state index contributed by atoms with van der Waals surface area (Å²) in [5.74, 6) is 1.20. The summed E-state index contributed by atoms with van der Waals surface area (Å²) < 4.78 is 27.7. The Morgan fingerprint density at radius 2 is 1.66 bits per heavy atom. The Labute approximate surface area is 172 Å². The van der Waals surface area contributed by atoms with Crippen LogP contribution in [0.4, 0.5) is 5.82 Å². The van der Waals surface area contributed by atoms with E-state index in [-0.39, 0.29) is 0 Å². The average molecular weight is 411 g/mol. The highest BCUT2D eigenvalue weighted by Crippen LogP contribution is 2.33. The van der Waals surface area contributed by atoms with Crippen LogP contribution in [0.15, 0.2) is 47.5 Å². The first-order valence-electron chi connectivity index (χ1n) is 10.3. The van der Waals surface area contributed by atoms with Gasteiger partial charge in [0.1, 0.15) is 11.9 Å². The van der Waals surface area contributed by atoms with Crippen molar-refractivity contribution in [1.82, 2.24) is 9.29 Å². The number of nitrogens with zero attached hydrogens (tertiary/aromatic N) is 4. The molecule has 0 bridgehead atoms. The van der Waals surface area contributed by atoms with E-state index in [9.17, 15) is 13.7 Å². The first kappa shape index (κ1) is 19.9. The summed E-state index contributed by atoms with van der Waals surface area (Å²) in [6, 6.07) is 13.1. The number of anilines is 1. The topological polar surface area (TPSA) is 77.3 Å². The number of nitriles is 1. The Hall–Kier alpha value is -2.43. The van der Waals surface area contributed by atoms with Crippen LogP contribution in [0.25, 0.3) is 0 Å². The van der Waals surface area contributed by atoms with Crippen molar-refractivity contribution in [2.45, 2.75) is 42.9 Å². The minimum atomic E-state index is -3.51. The molecule has 4 rings (SSSR count). The second-order valence-corrected chi connectivity index (χ2v) is 9.72. The van der Waals surface area contributed by atoms with Gasteiger partial charge >= 0.3 is 0 Å². The molecule has 6 nitrogen and oxygen atoms in total. The van der Waals surface area contributed by atoms with Crippen molar-refractivity contribution in [2.75, 3.05) is 31.1 Å².